The molecule has 0 bridgehead atoms. The maximum Gasteiger partial charge on any atom is 0.0502 e. The third-order valence-corrected chi connectivity index (χ3v) is 5.36. The van der Waals surface area contributed by atoms with Crippen molar-refractivity contribution in [1.29, 1.82) is 0 Å². The number of hydrogen-bond acceptors (Lipinski definition) is 0. The number of aromatic nitrogens is 1. The van der Waals surface area contributed by atoms with E-state index < -0.39 is 0 Å². The summed E-state index contributed by atoms with van der Waals surface area (Å²) in [5, 5.41) is 0. The second-order valence-corrected chi connectivity index (χ2v) is 7.59. The molecular formula is C22H29N. The van der Waals surface area contributed by atoms with Gasteiger partial charge in [-0.1, -0.05) is 52.2 Å². The van der Waals surface area contributed by atoms with Crippen LogP contribution in [0, 0.1) is 0 Å². The normalized spacial score (nSPS) is 23.1. The predicted octanol–water partition coefficient (Wildman–Crippen LogP) is 6.51. The predicted molar refractivity (Wildman–Crippen MR) is 102 cm³/mol. The minimum absolute atomic E-state index is 0.163. The highest BCUT2D eigenvalue weighted by molar-refractivity contribution is 5.86. The van der Waals surface area contributed by atoms with E-state index in [1.807, 2.05) is 6.08 Å². The molecule has 0 amide bonds. The summed E-state index contributed by atoms with van der Waals surface area (Å²) in [6, 6.07) is 0. The third kappa shape index (κ3) is 2.56. The third-order valence-electron chi connectivity index (χ3n) is 5.36. The summed E-state index contributed by atoms with van der Waals surface area (Å²) in [7, 11) is 0. The molecule has 1 saturated carbocycles. The van der Waals surface area contributed by atoms with E-state index in [9.17, 15) is 0 Å². The van der Waals surface area contributed by atoms with Crippen LogP contribution in [0.15, 0.2) is 37.0 Å². The first-order valence-electron chi connectivity index (χ1n) is 8.87. The van der Waals surface area contributed by atoms with Crippen LogP contribution >= 0.6 is 0 Å². The molecule has 122 valence electrons. The lowest BCUT2D eigenvalue weighted by Gasteiger charge is -2.34. The first-order chi connectivity index (χ1) is 10.9. The number of H-pyrrole nitrogens is 1. The standard InChI is InChI=1S/C22H29N/c1-7-10-17-15(9-3)13-22(5,6)19-18(16-11-12-16)20(14(4)8-2)23-21(17)19/h7,9-10,16,23H,1,4,8,11-13H2,2-3,5-6H3/b15-9-,17-10+. The van der Waals surface area contributed by atoms with Gasteiger partial charge in [-0.2, -0.15) is 0 Å². The highest BCUT2D eigenvalue weighted by Gasteiger charge is 2.41. The van der Waals surface area contributed by atoms with Gasteiger partial charge >= 0.3 is 0 Å². The van der Waals surface area contributed by atoms with Gasteiger partial charge in [-0.3, -0.25) is 0 Å². The van der Waals surface area contributed by atoms with Crippen LogP contribution in [0.5, 0.6) is 0 Å². The molecule has 0 aliphatic heterocycles. The highest BCUT2D eigenvalue weighted by Crippen LogP contribution is 2.54. The van der Waals surface area contributed by atoms with Crippen LogP contribution in [-0.4, -0.2) is 4.98 Å². The topological polar surface area (TPSA) is 15.8 Å². The average molecular weight is 307 g/mol. The van der Waals surface area contributed by atoms with Crippen LogP contribution in [0.2, 0.25) is 0 Å². The molecule has 1 heterocycles. The van der Waals surface area contributed by atoms with Crippen LogP contribution in [-0.2, 0) is 5.41 Å². The van der Waals surface area contributed by atoms with Crippen LogP contribution < -0.4 is 0 Å². The maximum atomic E-state index is 4.33. The van der Waals surface area contributed by atoms with Gasteiger partial charge in [-0.25, -0.2) is 0 Å². The summed E-state index contributed by atoms with van der Waals surface area (Å²) in [4.78, 5) is 3.77. The molecule has 0 aromatic carbocycles. The first-order valence-corrected chi connectivity index (χ1v) is 8.87. The smallest absolute Gasteiger partial charge is 0.0502 e. The zero-order valence-electron chi connectivity index (χ0n) is 15.1. The zero-order valence-corrected chi connectivity index (χ0v) is 15.1. The van der Waals surface area contributed by atoms with Crippen molar-refractivity contribution in [2.45, 2.75) is 64.7 Å². The van der Waals surface area contributed by atoms with Gasteiger partial charge in [0.15, 0.2) is 0 Å². The van der Waals surface area contributed by atoms with E-state index >= 15 is 0 Å². The molecule has 1 heteroatoms. The monoisotopic (exact) mass is 307 g/mol. The van der Waals surface area contributed by atoms with Crippen LogP contribution in [0.4, 0.5) is 0 Å². The van der Waals surface area contributed by atoms with Crippen molar-refractivity contribution in [1.82, 2.24) is 4.98 Å². The van der Waals surface area contributed by atoms with Crippen molar-refractivity contribution in [3.05, 3.63) is 59.5 Å². The zero-order chi connectivity index (χ0) is 16.8. The van der Waals surface area contributed by atoms with Gasteiger partial charge in [-0.05, 0) is 66.2 Å². The van der Waals surface area contributed by atoms with E-state index in [0.29, 0.717) is 0 Å². The lowest BCUT2D eigenvalue weighted by atomic mass is 9.69. The molecule has 3 rings (SSSR count). The lowest BCUT2D eigenvalue weighted by Crippen LogP contribution is -2.25. The molecule has 0 unspecified atom stereocenters. The van der Waals surface area contributed by atoms with Gasteiger partial charge in [0.25, 0.3) is 0 Å². The fraction of sp³-hybridized carbons (Fsp3) is 0.455. The molecule has 23 heavy (non-hydrogen) atoms. The average Bonchev–Trinajstić information content (AvgIpc) is 3.28. The van der Waals surface area contributed by atoms with Crippen molar-refractivity contribution in [3.63, 3.8) is 0 Å². The molecule has 0 atom stereocenters. The van der Waals surface area contributed by atoms with Gasteiger partial charge < -0.3 is 4.98 Å². The summed E-state index contributed by atoms with van der Waals surface area (Å²) in [6.07, 6.45) is 11.1. The number of nitrogens with one attached hydrogen (secondary N) is 1. The quantitative estimate of drug-likeness (QED) is 0.652. The fourth-order valence-corrected chi connectivity index (χ4v) is 4.04. The molecule has 2 aliphatic rings. The molecule has 1 nitrogen and oxygen atoms in total. The van der Waals surface area contributed by atoms with Gasteiger partial charge in [0.1, 0.15) is 0 Å². The minimum atomic E-state index is 0.163. The fourth-order valence-electron chi connectivity index (χ4n) is 4.04. The molecule has 1 N–H and O–H groups in total. The number of fused-ring (bicyclic) bond motifs is 1. The van der Waals surface area contributed by atoms with E-state index in [0.717, 1.165) is 18.8 Å². The molecule has 2 aliphatic carbocycles. The minimum Gasteiger partial charge on any atom is -0.354 e. The molecule has 0 saturated heterocycles. The maximum absolute atomic E-state index is 4.33. The SMILES string of the molecule is C=C/C=C1\C(=C/C)CC(C)(C)c2c1[nH]c(C(=C)CC)c2C1CC1. The number of allylic oxidation sites excluding steroid dienone is 6. The second kappa shape index (κ2) is 5.70. The first kappa shape index (κ1) is 16.1. The molecule has 1 aromatic rings. The molecule has 1 fully saturated rings. The van der Waals surface area contributed by atoms with E-state index in [4.69, 9.17) is 0 Å². The molecule has 0 spiro atoms. The Balaban J connectivity index is 2.32. The van der Waals surface area contributed by atoms with E-state index in [1.54, 1.807) is 5.56 Å². The van der Waals surface area contributed by atoms with Crippen LogP contribution in [0.25, 0.3) is 11.1 Å². The van der Waals surface area contributed by atoms with Crippen molar-refractivity contribution < 1.29 is 0 Å². The van der Waals surface area contributed by atoms with E-state index in [1.165, 1.54) is 46.5 Å². The summed E-state index contributed by atoms with van der Waals surface area (Å²) < 4.78 is 0. The van der Waals surface area contributed by atoms with Gasteiger partial charge in [0.2, 0.25) is 0 Å². The summed E-state index contributed by atoms with van der Waals surface area (Å²) in [5.41, 5.74) is 9.83. The van der Waals surface area contributed by atoms with E-state index in [-0.39, 0.29) is 5.41 Å². The Labute approximate surface area is 140 Å². The van der Waals surface area contributed by atoms with Gasteiger partial charge in [0.05, 0.1) is 5.69 Å². The van der Waals surface area contributed by atoms with Crippen molar-refractivity contribution in [3.8, 4) is 0 Å². The Kier molecular flexibility index (Phi) is 4.00. The van der Waals surface area contributed by atoms with Crippen LogP contribution in [0.1, 0.15) is 81.8 Å². The number of rotatable bonds is 4. The lowest BCUT2D eigenvalue weighted by molar-refractivity contribution is 0.511. The van der Waals surface area contributed by atoms with Gasteiger partial charge in [0, 0.05) is 11.3 Å². The van der Waals surface area contributed by atoms with Crippen molar-refractivity contribution in [2.75, 3.05) is 0 Å². The summed E-state index contributed by atoms with van der Waals surface area (Å²) >= 11 is 0. The Bertz CT molecular complexity index is 717. The molecule has 1 aromatic heterocycles. The Hall–Kier alpha value is -1.76. The number of aromatic amines is 1. The molecular weight excluding hydrogens is 278 g/mol. The Morgan fingerprint density at radius 2 is 2.04 bits per heavy atom. The highest BCUT2D eigenvalue weighted by atomic mass is 14.8. The largest absolute Gasteiger partial charge is 0.354 e. The summed E-state index contributed by atoms with van der Waals surface area (Å²) in [6.45, 7) is 17.4. The Morgan fingerprint density at radius 3 is 2.57 bits per heavy atom. The van der Waals surface area contributed by atoms with Crippen molar-refractivity contribution >= 4 is 11.1 Å². The van der Waals surface area contributed by atoms with E-state index in [2.05, 4.69) is 58.0 Å². The molecule has 0 radical (unpaired) electrons. The number of hydrogen-bond donors (Lipinski definition) is 1. The van der Waals surface area contributed by atoms with Gasteiger partial charge in [-0.15, -0.1) is 0 Å². The summed E-state index contributed by atoms with van der Waals surface area (Å²) in [5.74, 6) is 0.727. The second-order valence-electron chi connectivity index (χ2n) is 7.59. The van der Waals surface area contributed by atoms with Crippen LogP contribution in [0.3, 0.4) is 0 Å². The Morgan fingerprint density at radius 1 is 1.35 bits per heavy atom. The van der Waals surface area contributed by atoms with Crippen molar-refractivity contribution in [2.24, 2.45) is 0 Å².